The van der Waals surface area contributed by atoms with Gasteiger partial charge in [0.15, 0.2) is 0 Å². The molecule has 0 unspecified atom stereocenters. The van der Waals surface area contributed by atoms with Gasteiger partial charge in [0.05, 0.1) is 58.4 Å². The van der Waals surface area contributed by atoms with Gasteiger partial charge in [0.2, 0.25) is 0 Å². The number of hydrogen-bond acceptors (Lipinski definition) is 12. The van der Waals surface area contributed by atoms with Gasteiger partial charge in [0.1, 0.15) is 23.0 Å². The Balaban J connectivity index is 0.000000232. The Labute approximate surface area is 297 Å². The summed E-state index contributed by atoms with van der Waals surface area (Å²) in [6.45, 7) is 7.97. The molecule has 2 saturated heterocycles. The largest absolute Gasteiger partial charge is 0.507 e. The van der Waals surface area contributed by atoms with Gasteiger partial charge in [-0.3, -0.25) is 15.1 Å². The normalized spacial score (nSPS) is 14.8. The van der Waals surface area contributed by atoms with Crippen LogP contribution in [0, 0.1) is 0 Å². The number of anilines is 2. The highest BCUT2D eigenvalue weighted by Gasteiger charge is 2.23. The molecule has 4 heterocycles. The van der Waals surface area contributed by atoms with E-state index in [0.29, 0.717) is 34.4 Å². The van der Waals surface area contributed by atoms with Crippen LogP contribution in [0.15, 0.2) is 36.7 Å². The van der Waals surface area contributed by atoms with Crippen molar-refractivity contribution in [3.8, 4) is 45.5 Å². The van der Waals surface area contributed by atoms with Crippen LogP contribution in [0.1, 0.15) is 7.43 Å². The van der Waals surface area contributed by atoms with E-state index in [1.54, 1.807) is 12.4 Å². The molecule has 2 aromatic carbocycles. The molecule has 0 spiro atoms. The molecule has 14 nitrogen and oxygen atoms in total. The quantitative estimate of drug-likeness (QED) is 0.123. The van der Waals surface area contributed by atoms with E-state index in [9.17, 15) is 20.4 Å². The summed E-state index contributed by atoms with van der Waals surface area (Å²) in [5, 5.41) is 74.3. The van der Waals surface area contributed by atoms with E-state index in [2.05, 4.69) is 56.3 Å². The highest BCUT2D eigenvalue weighted by Crippen LogP contribution is 2.41. The van der Waals surface area contributed by atoms with Gasteiger partial charge in [-0.2, -0.15) is 10.2 Å². The first-order valence-corrected chi connectivity index (χ1v) is 16.8. The third-order valence-electron chi connectivity index (χ3n) is 7.58. The van der Waals surface area contributed by atoms with Gasteiger partial charge >= 0.3 is 0 Å². The molecule has 9 N–H and O–H groups in total. The highest BCUT2D eigenvalue weighted by molar-refractivity contribution is 9.09. The Hall–Kier alpha value is -3.44. The number of benzene rings is 2. The van der Waals surface area contributed by atoms with Crippen LogP contribution in [0.5, 0.6) is 23.0 Å². The second-order valence-corrected chi connectivity index (χ2v) is 12.2. The van der Waals surface area contributed by atoms with Crippen molar-refractivity contribution in [3.63, 3.8) is 0 Å². The maximum absolute atomic E-state index is 10.1. The third kappa shape index (κ3) is 9.81. The van der Waals surface area contributed by atoms with Crippen molar-refractivity contribution in [2.24, 2.45) is 0 Å². The highest BCUT2D eigenvalue weighted by atomic mass is 79.9. The lowest BCUT2D eigenvalue weighted by atomic mass is 10.1. The van der Waals surface area contributed by atoms with Gasteiger partial charge in [-0.15, -0.1) is 0 Å². The van der Waals surface area contributed by atoms with Gasteiger partial charge < -0.3 is 45.8 Å². The first-order valence-electron chi connectivity index (χ1n) is 14.9. The number of aromatic hydroxyl groups is 4. The van der Waals surface area contributed by atoms with Crippen molar-refractivity contribution < 1.29 is 30.6 Å². The number of nitrogens with one attached hydrogen (secondary N) is 3. The molecular formula is C31H43BrCl2N8O6. The standard InChI is InChI=1S/C15H19ClN4O3.C13H15ClN4O2.C2H5BrO.CH4/c16-11-7-10(13(22)8-14(11)23)15-12(9-17-18-15)20-3-1-19(2-4-20)5-6-21;14-9-5-8(11(19)6-12(9)20)13-10(7-16-17-13)18-3-1-15-2-4-18;3-1-2-4;/h7-9,21-23H,1-6H2,(H,17,18);5-7,15,19-20H,1-4H2,(H,16,17);4H,1-2H2;1H4. The van der Waals surface area contributed by atoms with Gasteiger partial charge in [-0.1, -0.05) is 46.6 Å². The van der Waals surface area contributed by atoms with E-state index in [1.807, 2.05) is 0 Å². The van der Waals surface area contributed by atoms with E-state index in [0.717, 1.165) is 63.7 Å². The van der Waals surface area contributed by atoms with Crippen molar-refractivity contribution in [1.29, 1.82) is 0 Å². The number of aliphatic hydroxyl groups excluding tert-OH is 2. The zero-order valence-electron chi connectivity index (χ0n) is 25.5. The number of piperazine rings is 2. The number of phenolic OH excluding ortho intramolecular Hbond substituents is 4. The number of nitrogens with zero attached hydrogens (tertiary/aromatic N) is 5. The summed E-state index contributed by atoms with van der Waals surface area (Å²) in [7, 11) is 0. The van der Waals surface area contributed by atoms with E-state index >= 15 is 0 Å². The van der Waals surface area contributed by atoms with Crippen molar-refractivity contribution >= 4 is 50.5 Å². The Kier molecular flexibility index (Phi) is 15.4. The maximum Gasteiger partial charge on any atom is 0.137 e. The predicted molar refractivity (Wildman–Crippen MR) is 193 cm³/mol. The lowest BCUT2D eigenvalue weighted by Gasteiger charge is -2.35. The van der Waals surface area contributed by atoms with E-state index in [1.165, 1.54) is 24.3 Å². The molecule has 17 heteroatoms. The van der Waals surface area contributed by atoms with Crippen LogP contribution in [-0.2, 0) is 0 Å². The minimum atomic E-state index is -0.161. The number of phenols is 4. The number of aromatic amines is 2. The fourth-order valence-corrected chi connectivity index (χ4v) is 5.52. The number of halogens is 3. The molecule has 0 saturated carbocycles. The van der Waals surface area contributed by atoms with Crippen molar-refractivity contribution in [1.82, 2.24) is 30.6 Å². The van der Waals surface area contributed by atoms with Gasteiger partial charge in [0, 0.05) is 87.5 Å². The van der Waals surface area contributed by atoms with Crippen LogP contribution in [0.2, 0.25) is 10.0 Å². The second kappa shape index (κ2) is 18.9. The van der Waals surface area contributed by atoms with Crippen LogP contribution in [-0.4, -0.2) is 133 Å². The molecule has 2 aromatic heterocycles. The maximum atomic E-state index is 10.1. The molecular weight excluding hydrogens is 731 g/mol. The summed E-state index contributed by atoms with van der Waals surface area (Å²) in [4.78, 5) is 6.56. The molecule has 0 radical (unpaired) electrons. The first-order chi connectivity index (χ1) is 22.7. The van der Waals surface area contributed by atoms with Crippen molar-refractivity contribution in [2.75, 3.05) is 87.2 Å². The first kappa shape index (κ1) is 39.0. The average Bonchev–Trinajstić information content (AvgIpc) is 3.77. The molecule has 4 aromatic rings. The summed E-state index contributed by atoms with van der Waals surface area (Å²) in [6.07, 6.45) is 3.46. The second-order valence-electron chi connectivity index (χ2n) is 10.6. The molecule has 6 rings (SSSR count). The summed E-state index contributed by atoms with van der Waals surface area (Å²) in [5.41, 5.74) is 4.19. The lowest BCUT2D eigenvalue weighted by molar-refractivity contribution is 0.189. The van der Waals surface area contributed by atoms with E-state index < -0.39 is 0 Å². The number of alkyl halides is 1. The van der Waals surface area contributed by atoms with Crippen LogP contribution in [0.25, 0.3) is 22.5 Å². The molecule has 2 fully saturated rings. The molecule has 48 heavy (non-hydrogen) atoms. The molecule has 0 amide bonds. The molecule has 0 bridgehead atoms. The summed E-state index contributed by atoms with van der Waals surface area (Å²) < 4.78 is 0. The molecule has 0 aliphatic carbocycles. The Morgan fingerprint density at radius 1 is 0.667 bits per heavy atom. The number of β-amino-alcohol motifs (C(OH)–C–C–N with tert-alkyl or cyclic N) is 1. The minimum absolute atomic E-state index is 0. The van der Waals surface area contributed by atoms with Crippen molar-refractivity contribution in [3.05, 3.63) is 46.7 Å². The monoisotopic (exact) mass is 772 g/mol. The van der Waals surface area contributed by atoms with Crippen LogP contribution in [0.3, 0.4) is 0 Å². The molecule has 0 atom stereocenters. The minimum Gasteiger partial charge on any atom is -0.507 e. The summed E-state index contributed by atoms with van der Waals surface area (Å²) in [5.74, 6) is -0.397. The van der Waals surface area contributed by atoms with Gasteiger partial charge in [-0.05, 0) is 12.1 Å². The summed E-state index contributed by atoms with van der Waals surface area (Å²) >= 11 is 14.9. The van der Waals surface area contributed by atoms with E-state index in [4.69, 9.17) is 33.4 Å². The molecule has 264 valence electrons. The van der Waals surface area contributed by atoms with Gasteiger partial charge in [-0.25, -0.2) is 0 Å². The number of rotatable bonds is 7. The fraction of sp³-hybridized carbons (Fsp3) is 0.419. The van der Waals surface area contributed by atoms with Crippen LogP contribution >= 0.6 is 39.1 Å². The third-order valence-corrected chi connectivity index (χ3v) is 8.54. The number of aliphatic hydroxyl groups is 2. The summed E-state index contributed by atoms with van der Waals surface area (Å²) in [6, 6.07) is 5.51. The number of H-pyrrole nitrogens is 2. The number of hydrogen-bond donors (Lipinski definition) is 9. The topological polar surface area (TPSA) is 200 Å². The predicted octanol–water partition coefficient (Wildman–Crippen LogP) is 3.82. The average molecular weight is 775 g/mol. The molecule has 2 aliphatic rings. The van der Waals surface area contributed by atoms with Crippen LogP contribution < -0.4 is 15.1 Å². The smallest absolute Gasteiger partial charge is 0.137 e. The zero-order chi connectivity index (χ0) is 33.9. The Morgan fingerprint density at radius 2 is 1.10 bits per heavy atom. The Bertz CT molecular complexity index is 1580. The zero-order valence-corrected chi connectivity index (χ0v) is 28.6. The fourth-order valence-electron chi connectivity index (χ4n) is 5.20. The SMILES string of the molecule is C.OCCBr.OCCN1CCN(c2cn[nH]c2-c2cc(Cl)c(O)cc2O)CC1.Oc1cc(O)c(-c2[nH]ncc2N2CCNCC2)cc1Cl. The van der Waals surface area contributed by atoms with Crippen molar-refractivity contribution in [2.45, 2.75) is 7.43 Å². The Morgan fingerprint density at radius 3 is 1.52 bits per heavy atom. The van der Waals surface area contributed by atoms with E-state index in [-0.39, 0.29) is 53.7 Å². The van der Waals surface area contributed by atoms with Crippen LogP contribution in [0.4, 0.5) is 11.4 Å². The number of aromatic nitrogens is 4. The lowest BCUT2D eigenvalue weighted by Crippen LogP contribution is -2.47. The molecule has 2 aliphatic heterocycles. The van der Waals surface area contributed by atoms with Gasteiger partial charge in [0.25, 0.3) is 0 Å².